The van der Waals surface area contributed by atoms with E-state index in [1.807, 2.05) is 12.1 Å². The number of nitrogens with zero attached hydrogens (tertiary/aromatic N) is 2. The zero-order chi connectivity index (χ0) is 13.1. The number of hydrogen-bond donors (Lipinski definition) is 0. The summed E-state index contributed by atoms with van der Waals surface area (Å²) < 4.78 is 5.78. The Morgan fingerprint density at radius 1 is 1.44 bits per heavy atom. The molecule has 0 aliphatic rings. The number of carbonyl (C=O) groups is 1. The second kappa shape index (κ2) is 5.46. The highest BCUT2D eigenvalue weighted by atomic mass is 79.9. The third-order valence-corrected chi connectivity index (χ3v) is 3.59. The minimum atomic E-state index is 0.228. The van der Waals surface area contributed by atoms with Crippen molar-refractivity contribution >= 4 is 33.8 Å². The summed E-state index contributed by atoms with van der Waals surface area (Å²) in [6, 6.07) is 5.44. The molecule has 0 bridgehead atoms. The Balaban J connectivity index is 2.58. The number of benzene rings is 1. The lowest BCUT2D eigenvalue weighted by molar-refractivity contribution is 0.111. The van der Waals surface area contributed by atoms with Crippen LogP contribution >= 0.6 is 27.5 Å². The van der Waals surface area contributed by atoms with E-state index in [0.29, 0.717) is 28.3 Å². The molecule has 0 atom stereocenters. The second-order valence-corrected chi connectivity index (χ2v) is 4.61. The van der Waals surface area contributed by atoms with E-state index in [0.717, 1.165) is 4.47 Å². The van der Waals surface area contributed by atoms with Crippen LogP contribution in [0.2, 0.25) is 5.02 Å². The molecule has 0 N–H and O–H groups in total. The van der Waals surface area contributed by atoms with Crippen molar-refractivity contribution in [3.05, 3.63) is 39.5 Å². The Morgan fingerprint density at radius 2 is 2.22 bits per heavy atom. The van der Waals surface area contributed by atoms with Gasteiger partial charge < -0.3 is 4.74 Å². The van der Waals surface area contributed by atoms with Gasteiger partial charge in [0, 0.05) is 16.2 Å². The summed E-state index contributed by atoms with van der Waals surface area (Å²) in [7, 11) is 1.45. The summed E-state index contributed by atoms with van der Waals surface area (Å²) in [4.78, 5) is 19.0. The van der Waals surface area contributed by atoms with Gasteiger partial charge in [-0.15, -0.1) is 0 Å². The number of carbonyl (C=O) groups excluding carboxylic acids is 1. The van der Waals surface area contributed by atoms with E-state index >= 15 is 0 Å². The van der Waals surface area contributed by atoms with Crippen molar-refractivity contribution in [3.8, 4) is 17.3 Å². The highest BCUT2D eigenvalue weighted by Crippen LogP contribution is 2.32. The molecule has 18 heavy (non-hydrogen) atoms. The maximum absolute atomic E-state index is 10.8. The van der Waals surface area contributed by atoms with E-state index in [-0.39, 0.29) is 5.88 Å². The largest absolute Gasteiger partial charge is 0.480 e. The molecule has 0 saturated heterocycles. The Kier molecular flexibility index (Phi) is 3.93. The van der Waals surface area contributed by atoms with Gasteiger partial charge in [0.15, 0.2) is 12.1 Å². The molecule has 6 heteroatoms. The van der Waals surface area contributed by atoms with E-state index in [9.17, 15) is 4.79 Å². The highest BCUT2D eigenvalue weighted by molar-refractivity contribution is 9.10. The van der Waals surface area contributed by atoms with Gasteiger partial charge in [-0.1, -0.05) is 17.7 Å². The van der Waals surface area contributed by atoms with Crippen molar-refractivity contribution in [1.82, 2.24) is 9.97 Å². The molecule has 4 nitrogen and oxygen atoms in total. The van der Waals surface area contributed by atoms with Gasteiger partial charge in [-0.3, -0.25) is 4.79 Å². The van der Waals surface area contributed by atoms with E-state index in [4.69, 9.17) is 16.3 Å². The molecule has 0 radical (unpaired) electrons. The van der Waals surface area contributed by atoms with Crippen LogP contribution < -0.4 is 4.74 Å². The van der Waals surface area contributed by atoms with E-state index in [1.54, 1.807) is 6.07 Å². The van der Waals surface area contributed by atoms with Crippen molar-refractivity contribution in [1.29, 1.82) is 0 Å². The van der Waals surface area contributed by atoms with Crippen LogP contribution in [0, 0.1) is 0 Å². The molecule has 1 aromatic heterocycles. The molecule has 92 valence electrons. The topological polar surface area (TPSA) is 52.1 Å². The van der Waals surface area contributed by atoms with Gasteiger partial charge in [0.2, 0.25) is 5.88 Å². The Bertz CT molecular complexity index is 605. The number of aromatic nitrogens is 2. The van der Waals surface area contributed by atoms with Crippen molar-refractivity contribution in [2.24, 2.45) is 0 Å². The van der Waals surface area contributed by atoms with Crippen LogP contribution in [-0.4, -0.2) is 23.4 Å². The summed E-state index contributed by atoms with van der Waals surface area (Å²) in [6.45, 7) is 0. The molecule has 1 aromatic carbocycles. The summed E-state index contributed by atoms with van der Waals surface area (Å²) in [6.07, 6.45) is 2.05. The lowest BCUT2D eigenvalue weighted by Crippen LogP contribution is -1.98. The number of methoxy groups -OCH3 is 1. The van der Waals surface area contributed by atoms with Gasteiger partial charge in [-0.25, -0.2) is 4.98 Å². The molecule has 0 fully saturated rings. The maximum Gasteiger partial charge on any atom is 0.227 e. The molecular formula is C12H8BrClN2O2. The third kappa shape index (κ3) is 2.37. The minimum Gasteiger partial charge on any atom is -0.480 e. The lowest BCUT2D eigenvalue weighted by Gasteiger charge is -2.07. The Morgan fingerprint density at radius 3 is 2.89 bits per heavy atom. The normalized spacial score (nSPS) is 10.2. The molecule has 0 amide bonds. The first kappa shape index (κ1) is 13.0. The van der Waals surface area contributed by atoms with Crippen LogP contribution in [0.4, 0.5) is 0 Å². The average Bonchev–Trinajstić information content (AvgIpc) is 2.41. The van der Waals surface area contributed by atoms with E-state index in [2.05, 4.69) is 25.9 Å². The van der Waals surface area contributed by atoms with Gasteiger partial charge in [0.25, 0.3) is 0 Å². The predicted octanol–water partition coefficient (Wildman–Crippen LogP) is 3.38. The van der Waals surface area contributed by atoms with Gasteiger partial charge in [0.1, 0.15) is 0 Å². The van der Waals surface area contributed by atoms with Gasteiger partial charge in [-0.05, 0) is 28.1 Å². The fourth-order valence-corrected chi connectivity index (χ4v) is 2.00. The van der Waals surface area contributed by atoms with Gasteiger partial charge in [0.05, 0.1) is 17.7 Å². The second-order valence-electron chi connectivity index (χ2n) is 3.38. The van der Waals surface area contributed by atoms with Crippen LogP contribution in [-0.2, 0) is 0 Å². The predicted molar refractivity (Wildman–Crippen MR) is 72.1 cm³/mol. The fraction of sp³-hybridized carbons (Fsp3) is 0.0833. The Hall–Kier alpha value is -1.46. The molecule has 0 spiro atoms. The number of aldehydes is 1. The van der Waals surface area contributed by atoms with Crippen molar-refractivity contribution in [2.75, 3.05) is 7.11 Å². The number of ether oxygens (including phenoxy) is 1. The van der Waals surface area contributed by atoms with Crippen LogP contribution in [0.3, 0.4) is 0 Å². The molecule has 0 aliphatic carbocycles. The number of rotatable bonds is 3. The quantitative estimate of drug-likeness (QED) is 0.811. The molecule has 2 aromatic rings. The van der Waals surface area contributed by atoms with Crippen molar-refractivity contribution < 1.29 is 9.53 Å². The number of halogens is 2. The van der Waals surface area contributed by atoms with Crippen LogP contribution in [0.15, 0.2) is 28.9 Å². The monoisotopic (exact) mass is 326 g/mol. The summed E-state index contributed by atoms with van der Waals surface area (Å²) >= 11 is 9.49. The standard InChI is InChI=1S/C12H8BrClN2O2/c1-18-12-7(6-17)5-15-11(16-12)8-3-2-4-9(13)10(8)14/h2-6H,1H3. The van der Waals surface area contributed by atoms with Crippen LogP contribution in [0.1, 0.15) is 10.4 Å². The summed E-state index contributed by atoms with van der Waals surface area (Å²) in [5, 5.41) is 0.512. The van der Waals surface area contributed by atoms with Crippen molar-refractivity contribution in [3.63, 3.8) is 0 Å². The average molecular weight is 328 g/mol. The Labute approximate surface area is 117 Å². The van der Waals surface area contributed by atoms with E-state index < -0.39 is 0 Å². The van der Waals surface area contributed by atoms with Crippen molar-refractivity contribution in [2.45, 2.75) is 0 Å². The zero-order valence-corrected chi connectivity index (χ0v) is 11.7. The van der Waals surface area contributed by atoms with Gasteiger partial charge >= 0.3 is 0 Å². The minimum absolute atomic E-state index is 0.228. The summed E-state index contributed by atoms with van der Waals surface area (Å²) in [5.74, 6) is 0.634. The SMILES string of the molecule is COc1nc(-c2cccc(Br)c2Cl)ncc1C=O. The van der Waals surface area contributed by atoms with Gasteiger partial charge in [-0.2, -0.15) is 4.98 Å². The zero-order valence-electron chi connectivity index (χ0n) is 9.35. The first-order chi connectivity index (χ1) is 8.67. The molecule has 1 heterocycles. The lowest BCUT2D eigenvalue weighted by atomic mass is 10.2. The smallest absolute Gasteiger partial charge is 0.227 e. The molecule has 2 rings (SSSR count). The molecular weight excluding hydrogens is 320 g/mol. The summed E-state index contributed by atoms with van der Waals surface area (Å²) in [5.41, 5.74) is 0.967. The highest BCUT2D eigenvalue weighted by Gasteiger charge is 2.12. The first-order valence-corrected chi connectivity index (χ1v) is 6.15. The fourth-order valence-electron chi connectivity index (χ4n) is 1.43. The molecule has 0 aliphatic heterocycles. The van der Waals surface area contributed by atoms with Crippen LogP contribution in [0.25, 0.3) is 11.4 Å². The first-order valence-electron chi connectivity index (χ1n) is 4.98. The maximum atomic E-state index is 10.8. The third-order valence-electron chi connectivity index (χ3n) is 2.29. The molecule has 0 unspecified atom stereocenters. The number of hydrogen-bond acceptors (Lipinski definition) is 4. The van der Waals surface area contributed by atoms with E-state index in [1.165, 1.54) is 13.3 Å². The van der Waals surface area contributed by atoms with Crippen LogP contribution in [0.5, 0.6) is 5.88 Å². The molecule has 0 saturated carbocycles.